The maximum absolute atomic E-state index is 13.0. The number of halogens is 1. The molecule has 1 saturated heterocycles. The third kappa shape index (κ3) is 2.91. The van der Waals surface area contributed by atoms with Gasteiger partial charge < -0.3 is 10.6 Å². The lowest BCUT2D eigenvalue weighted by Crippen LogP contribution is -2.54. The van der Waals surface area contributed by atoms with Crippen LogP contribution < -0.4 is 10.6 Å². The smallest absolute Gasteiger partial charge is 0.244 e. The second kappa shape index (κ2) is 5.37. The number of anilines is 1. The molecular formula is C14H16FN3O. The zero-order valence-corrected chi connectivity index (χ0v) is 10.8. The van der Waals surface area contributed by atoms with Crippen molar-refractivity contribution in [3.05, 3.63) is 29.6 Å². The second-order valence-corrected chi connectivity index (χ2v) is 4.97. The fourth-order valence-corrected chi connectivity index (χ4v) is 2.23. The van der Waals surface area contributed by atoms with Gasteiger partial charge in [-0.3, -0.25) is 4.79 Å². The molecule has 2 rings (SSSR count). The molecule has 0 spiro atoms. The molecule has 1 fully saturated rings. The molecule has 0 aromatic heterocycles. The van der Waals surface area contributed by atoms with E-state index in [0.717, 1.165) is 31.9 Å². The maximum atomic E-state index is 13.0. The molecule has 0 radical (unpaired) electrons. The summed E-state index contributed by atoms with van der Waals surface area (Å²) in [5, 5.41) is 14.9. The zero-order valence-electron chi connectivity index (χ0n) is 10.8. The van der Waals surface area contributed by atoms with Crippen LogP contribution in [0.25, 0.3) is 0 Å². The van der Waals surface area contributed by atoms with E-state index >= 15 is 0 Å². The standard InChI is InChI=1S/C14H16FN3O/c1-14(6-2-3-7-17-14)13(19)18-12-5-4-11(15)8-10(12)9-16/h4-5,8,17H,2-3,6-7H2,1H3,(H,18,19). The van der Waals surface area contributed by atoms with Crippen molar-refractivity contribution in [1.82, 2.24) is 5.32 Å². The normalized spacial score (nSPS) is 22.6. The Hall–Kier alpha value is -1.93. The van der Waals surface area contributed by atoms with Crippen molar-refractivity contribution in [3.8, 4) is 6.07 Å². The Morgan fingerprint density at radius 2 is 2.32 bits per heavy atom. The molecule has 1 aromatic carbocycles. The van der Waals surface area contributed by atoms with Crippen LogP contribution in [0.1, 0.15) is 31.7 Å². The summed E-state index contributed by atoms with van der Waals surface area (Å²) in [4.78, 5) is 12.3. The summed E-state index contributed by atoms with van der Waals surface area (Å²) >= 11 is 0. The van der Waals surface area contributed by atoms with Gasteiger partial charge in [-0.1, -0.05) is 0 Å². The van der Waals surface area contributed by atoms with E-state index in [1.807, 2.05) is 13.0 Å². The number of amides is 1. The molecule has 19 heavy (non-hydrogen) atoms. The van der Waals surface area contributed by atoms with Crippen LogP contribution in [0.3, 0.4) is 0 Å². The summed E-state index contributed by atoms with van der Waals surface area (Å²) in [5.41, 5.74) is -0.144. The lowest BCUT2D eigenvalue weighted by Gasteiger charge is -2.33. The number of carbonyl (C=O) groups is 1. The maximum Gasteiger partial charge on any atom is 0.244 e. The Balaban J connectivity index is 2.17. The van der Waals surface area contributed by atoms with Crippen molar-refractivity contribution < 1.29 is 9.18 Å². The topological polar surface area (TPSA) is 64.9 Å². The first kappa shape index (κ1) is 13.5. The molecule has 5 heteroatoms. The average molecular weight is 261 g/mol. The molecule has 1 aromatic rings. The summed E-state index contributed by atoms with van der Waals surface area (Å²) in [7, 11) is 0. The molecule has 1 aliphatic heterocycles. The van der Waals surface area contributed by atoms with Gasteiger partial charge in [0, 0.05) is 0 Å². The first-order chi connectivity index (χ1) is 9.05. The van der Waals surface area contributed by atoms with E-state index in [1.54, 1.807) is 0 Å². The molecular weight excluding hydrogens is 245 g/mol. The number of hydrogen-bond acceptors (Lipinski definition) is 3. The van der Waals surface area contributed by atoms with Gasteiger partial charge in [0.05, 0.1) is 16.8 Å². The number of nitrogens with zero attached hydrogens (tertiary/aromatic N) is 1. The fraction of sp³-hybridized carbons (Fsp3) is 0.429. The van der Waals surface area contributed by atoms with Crippen LogP contribution in [0, 0.1) is 17.1 Å². The highest BCUT2D eigenvalue weighted by molar-refractivity contribution is 5.98. The number of hydrogen-bond donors (Lipinski definition) is 2. The quantitative estimate of drug-likeness (QED) is 0.857. The van der Waals surface area contributed by atoms with E-state index in [9.17, 15) is 9.18 Å². The average Bonchev–Trinajstić information content (AvgIpc) is 2.41. The Labute approximate surface area is 111 Å². The fourth-order valence-electron chi connectivity index (χ4n) is 2.23. The minimum atomic E-state index is -0.626. The van der Waals surface area contributed by atoms with Crippen LogP contribution in [0.5, 0.6) is 0 Å². The number of piperidine rings is 1. The molecule has 100 valence electrons. The van der Waals surface area contributed by atoms with E-state index in [-0.39, 0.29) is 11.5 Å². The van der Waals surface area contributed by atoms with Crippen molar-refractivity contribution in [2.75, 3.05) is 11.9 Å². The van der Waals surface area contributed by atoms with E-state index in [1.165, 1.54) is 12.1 Å². The summed E-state index contributed by atoms with van der Waals surface area (Å²) < 4.78 is 13.0. The van der Waals surface area contributed by atoms with E-state index in [4.69, 9.17) is 5.26 Å². The van der Waals surface area contributed by atoms with Gasteiger partial charge in [-0.15, -0.1) is 0 Å². The highest BCUT2D eigenvalue weighted by Gasteiger charge is 2.34. The number of benzene rings is 1. The van der Waals surface area contributed by atoms with Gasteiger partial charge in [0.15, 0.2) is 0 Å². The van der Waals surface area contributed by atoms with Crippen molar-refractivity contribution in [3.63, 3.8) is 0 Å². The third-order valence-electron chi connectivity index (χ3n) is 3.47. The summed E-state index contributed by atoms with van der Waals surface area (Å²) in [5.74, 6) is -0.674. The first-order valence-electron chi connectivity index (χ1n) is 6.31. The largest absolute Gasteiger partial charge is 0.323 e. The molecule has 4 nitrogen and oxygen atoms in total. The van der Waals surface area contributed by atoms with Crippen LogP contribution in [0.15, 0.2) is 18.2 Å². The minimum Gasteiger partial charge on any atom is -0.323 e. The monoisotopic (exact) mass is 261 g/mol. The summed E-state index contributed by atoms with van der Waals surface area (Å²) in [6, 6.07) is 5.64. The van der Waals surface area contributed by atoms with Crippen molar-refractivity contribution in [2.45, 2.75) is 31.7 Å². The second-order valence-electron chi connectivity index (χ2n) is 4.97. The van der Waals surface area contributed by atoms with E-state index in [2.05, 4.69) is 10.6 Å². The van der Waals surface area contributed by atoms with Crippen LogP contribution in [-0.4, -0.2) is 18.0 Å². The molecule has 1 atom stereocenters. The highest BCUT2D eigenvalue weighted by Crippen LogP contribution is 2.22. The van der Waals surface area contributed by atoms with Crippen molar-refractivity contribution in [2.24, 2.45) is 0 Å². The van der Waals surface area contributed by atoms with Crippen LogP contribution in [0.2, 0.25) is 0 Å². The Morgan fingerprint density at radius 1 is 1.53 bits per heavy atom. The number of nitrogens with one attached hydrogen (secondary N) is 2. The molecule has 0 aliphatic carbocycles. The molecule has 1 heterocycles. The predicted molar refractivity (Wildman–Crippen MR) is 70.0 cm³/mol. The van der Waals surface area contributed by atoms with Gasteiger partial charge >= 0.3 is 0 Å². The Kier molecular flexibility index (Phi) is 3.82. The molecule has 1 aliphatic rings. The highest BCUT2D eigenvalue weighted by atomic mass is 19.1. The number of carbonyl (C=O) groups excluding carboxylic acids is 1. The van der Waals surface area contributed by atoms with Gasteiger partial charge in [-0.05, 0) is 50.9 Å². The number of nitriles is 1. The van der Waals surface area contributed by atoms with Crippen LogP contribution in [-0.2, 0) is 4.79 Å². The Bertz CT molecular complexity index is 530. The predicted octanol–water partition coefficient (Wildman–Crippen LogP) is 2.17. The van der Waals surface area contributed by atoms with E-state index < -0.39 is 11.4 Å². The van der Waals surface area contributed by atoms with Crippen LogP contribution >= 0.6 is 0 Å². The third-order valence-corrected chi connectivity index (χ3v) is 3.47. The van der Waals surface area contributed by atoms with Crippen molar-refractivity contribution >= 4 is 11.6 Å². The Morgan fingerprint density at radius 3 is 2.95 bits per heavy atom. The molecule has 2 N–H and O–H groups in total. The summed E-state index contributed by atoms with van der Waals surface area (Å²) in [6.45, 7) is 2.65. The van der Waals surface area contributed by atoms with Crippen molar-refractivity contribution in [1.29, 1.82) is 5.26 Å². The lowest BCUT2D eigenvalue weighted by atomic mass is 9.90. The first-order valence-corrected chi connectivity index (χ1v) is 6.31. The van der Waals surface area contributed by atoms with Gasteiger partial charge in [0.1, 0.15) is 11.9 Å². The SMILES string of the molecule is CC1(C(=O)Nc2ccc(F)cc2C#N)CCCCN1. The van der Waals surface area contributed by atoms with Gasteiger partial charge in [0.25, 0.3) is 0 Å². The molecule has 1 amide bonds. The van der Waals surface area contributed by atoms with E-state index in [0.29, 0.717) is 5.69 Å². The summed E-state index contributed by atoms with van der Waals surface area (Å²) in [6.07, 6.45) is 2.80. The molecule has 0 saturated carbocycles. The van der Waals surface area contributed by atoms with Gasteiger partial charge in [-0.2, -0.15) is 5.26 Å². The minimum absolute atomic E-state index is 0.132. The van der Waals surface area contributed by atoms with Crippen LogP contribution in [0.4, 0.5) is 10.1 Å². The molecule has 0 bridgehead atoms. The van der Waals surface area contributed by atoms with Gasteiger partial charge in [-0.25, -0.2) is 4.39 Å². The number of rotatable bonds is 2. The van der Waals surface area contributed by atoms with Gasteiger partial charge in [0.2, 0.25) is 5.91 Å². The molecule has 1 unspecified atom stereocenters. The zero-order chi connectivity index (χ0) is 13.9. The lowest BCUT2D eigenvalue weighted by molar-refractivity contribution is -0.122.